The Bertz CT molecular complexity index is 821. The number of hydrogen-bond donors (Lipinski definition) is 1. The Hall–Kier alpha value is -2.07. The highest BCUT2D eigenvalue weighted by Gasteiger charge is 2.12. The first kappa shape index (κ1) is 12.0. The number of rotatable bonds is 1. The van der Waals surface area contributed by atoms with Crippen LogP contribution in [0, 0.1) is 0 Å². The number of aromatic hydroxyl groups is 1. The lowest BCUT2D eigenvalue weighted by molar-refractivity contribution is 0.476. The first-order valence-corrected chi connectivity index (χ1v) is 6.47. The van der Waals surface area contributed by atoms with Gasteiger partial charge in [0.05, 0.1) is 10.0 Å². The maximum atomic E-state index is 12.0. The molecule has 1 heterocycles. The van der Waals surface area contributed by atoms with Crippen LogP contribution in [-0.4, -0.2) is 5.11 Å². The zero-order chi connectivity index (χ0) is 13.4. The van der Waals surface area contributed by atoms with Crippen molar-refractivity contribution in [2.24, 2.45) is 0 Å². The van der Waals surface area contributed by atoms with Gasteiger partial charge in [0.2, 0.25) is 0 Å². The fourth-order valence-corrected chi connectivity index (χ4v) is 2.46. The summed E-state index contributed by atoms with van der Waals surface area (Å²) in [6.45, 7) is 0. The SMILES string of the molecule is O=c1oc2c(Br)cccc2cc1-c1ccccc1O. The fraction of sp³-hybridized carbons (Fsp3) is 0. The Morgan fingerprint density at radius 2 is 1.79 bits per heavy atom. The molecule has 3 rings (SSSR count). The highest BCUT2D eigenvalue weighted by atomic mass is 79.9. The molecule has 94 valence electrons. The van der Waals surface area contributed by atoms with E-state index in [1.54, 1.807) is 30.3 Å². The lowest BCUT2D eigenvalue weighted by Gasteiger charge is -2.05. The normalized spacial score (nSPS) is 10.8. The van der Waals surface area contributed by atoms with E-state index in [9.17, 15) is 9.90 Å². The van der Waals surface area contributed by atoms with Gasteiger partial charge in [-0.2, -0.15) is 0 Å². The van der Waals surface area contributed by atoms with Gasteiger partial charge in [-0.25, -0.2) is 4.79 Å². The van der Waals surface area contributed by atoms with E-state index in [-0.39, 0.29) is 5.75 Å². The quantitative estimate of drug-likeness (QED) is 0.692. The highest BCUT2D eigenvalue weighted by Crippen LogP contribution is 2.30. The maximum absolute atomic E-state index is 12.0. The van der Waals surface area contributed by atoms with Gasteiger partial charge in [-0.15, -0.1) is 0 Å². The van der Waals surface area contributed by atoms with E-state index >= 15 is 0 Å². The van der Waals surface area contributed by atoms with Crippen LogP contribution in [0.3, 0.4) is 0 Å². The number of phenolic OH excluding ortho intramolecular Hbond substituents is 1. The lowest BCUT2D eigenvalue weighted by atomic mass is 10.1. The Morgan fingerprint density at radius 3 is 2.58 bits per heavy atom. The average Bonchev–Trinajstić information content (AvgIpc) is 2.40. The van der Waals surface area contributed by atoms with Crippen molar-refractivity contribution in [2.75, 3.05) is 0 Å². The lowest BCUT2D eigenvalue weighted by Crippen LogP contribution is -2.02. The topological polar surface area (TPSA) is 50.4 Å². The van der Waals surface area contributed by atoms with Gasteiger partial charge in [0.15, 0.2) is 5.58 Å². The van der Waals surface area contributed by atoms with Gasteiger partial charge in [-0.3, -0.25) is 0 Å². The standard InChI is InChI=1S/C15H9BrO3/c16-12-6-3-4-9-8-11(15(18)19-14(9)12)10-5-1-2-7-13(10)17/h1-8,17H. The molecule has 0 saturated carbocycles. The summed E-state index contributed by atoms with van der Waals surface area (Å²) in [6.07, 6.45) is 0. The van der Waals surface area contributed by atoms with E-state index in [1.807, 2.05) is 18.2 Å². The molecule has 0 radical (unpaired) electrons. The number of halogens is 1. The van der Waals surface area contributed by atoms with Gasteiger partial charge in [0.25, 0.3) is 0 Å². The van der Waals surface area contributed by atoms with E-state index in [4.69, 9.17) is 4.42 Å². The van der Waals surface area contributed by atoms with Crippen molar-refractivity contribution in [2.45, 2.75) is 0 Å². The van der Waals surface area contributed by atoms with Gasteiger partial charge in [-0.05, 0) is 34.1 Å². The van der Waals surface area contributed by atoms with Crippen molar-refractivity contribution >= 4 is 26.9 Å². The van der Waals surface area contributed by atoms with Crippen LogP contribution in [0.5, 0.6) is 5.75 Å². The smallest absolute Gasteiger partial charge is 0.344 e. The second kappa shape index (κ2) is 4.55. The third-order valence-corrected chi connectivity index (χ3v) is 3.53. The summed E-state index contributed by atoms with van der Waals surface area (Å²) in [5, 5.41) is 10.6. The molecule has 1 aromatic heterocycles. The molecule has 0 fully saturated rings. The van der Waals surface area contributed by atoms with Crippen LogP contribution in [-0.2, 0) is 0 Å². The van der Waals surface area contributed by atoms with Gasteiger partial charge >= 0.3 is 5.63 Å². The minimum absolute atomic E-state index is 0.0594. The first-order valence-electron chi connectivity index (χ1n) is 5.67. The molecule has 0 saturated heterocycles. The summed E-state index contributed by atoms with van der Waals surface area (Å²) >= 11 is 3.34. The third-order valence-electron chi connectivity index (χ3n) is 2.91. The van der Waals surface area contributed by atoms with E-state index in [2.05, 4.69) is 15.9 Å². The van der Waals surface area contributed by atoms with E-state index in [0.717, 1.165) is 9.86 Å². The summed E-state index contributed by atoms with van der Waals surface area (Å²) in [5.74, 6) is 0.0594. The summed E-state index contributed by atoms with van der Waals surface area (Å²) in [4.78, 5) is 12.0. The van der Waals surface area contributed by atoms with E-state index in [0.29, 0.717) is 16.7 Å². The fourth-order valence-electron chi connectivity index (χ4n) is 2.00. The molecule has 3 nitrogen and oxygen atoms in total. The summed E-state index contributed by atoms with van der Waals surface area (Å²) in [5.41, 5.74) is 0.856. The second-order valence-corrected chi connectivity index (χ2v) is 4.98. The van der Waals surface area contributed by atoms with Crippen molar-refractivity contribution in [3.63, 3.8) is 0 Å². The minimum Gasteiger partial charge on any atom is -0.507 e. The van der Waals surface area contributed by atoms with E-state index in [1.165, 1.54) is 0 Å². The predicted molar refractivity (Wildman–Crippen MR) is 77.3 cm³/mol. The highest BCUT2D eigenvalue weighted by molar-refractivity contribution is 9.10. The molecule has 0 aliphatic rings. The molecule has 0 aliphatic carbocycles. The zero-order valence-corrected chi connectivity index (χ0v) is 11.3. The van der Waals surface area contributed by atoms with Crippen LogP contribution in [0.2, 0.25) is 0 Å². The number of benzene rings is 2. The average molecular weight is 317 g/mol. The molecule has 19 heavy (non-hydrogen) atoms. The number of hydrogen-bond acceptors (Lipinski definition) is 3. The minimum atomic E-state index is -0.471. The predicted octanol–water partition coefficient (Wildman–Crippen LogP) is 3.93. The Kier molecular flexibility index (Phi) is 2.87. The molecule has 1 N–H and O–H groups in total. The van der Waals surface area contributed by atoms with Gasteiger partial charge < -0.3 is 9.52 Å². The maximum Gasteiger partial charge on any atom is 0.344 e. The van der Waals surface area contributed by atoms with Crippen molar-refractivity contribution in [3.8, 4) is 16.9 Å². The van der Waals surface area contributed by atoms with Crippen LogP contribution >= 0.6 is 15.9 Å². The molecule has 0 aliphatic heterocycles. The summed E-state index contributed by atoms with van der Waals surface area (Å²) in [6, 6.07) is 13.9. The van der Waals surface area contributed by atoms with Crippen LogP contribution in [0.4, 0.5) is 0 Å². The van der Waals surface area contributed by atoms with Crippen molar-refractivity contribution in [1.82, 2.24) is 0 Å². The largest absolute Gasteiger partial charge is 0.507 e. The molecule has 3 aromatic rings. The first-order chi connectivity index (χ1) is 9.16. The van der Waals surface area contributed by atoms with Crippen LogP contribution < -0.4 is 5.63 Å². The van der Waals surface area contributed by atoms with Crippen molar-refractivity contribution < 1.29 is 9.52 Å². The Morgan fingerprint density at radius 1 is 1.00 bits per heavy atom. The van der Waals surface area contributed by atoms with Crippen LogP contribution in [0.25, 0.3) is 22.1 Å². The molecule has 0 unspecified atom stereocenters. The van der Waals surface area contributed by atoms with Gasteiger partial charge in [0.1, 0.15) is 5.75 Å². The molecule has 0 atom stereocenters. The Labute approximate surface area is 117 Å². The van der Waals surface area contributed by atoms with E-state index < -0.39 is 5.63 Å². The van der Waals surface area contributed by atoms with Gasteiger partial charge in [0, 0.05) is 10.9 Å². The van der Waals surface area contributed by atoms with Crippen molar-refractivity contribution in [1.29, 1.82) is 0 Å². The summed E-state index contributed by atoms with van der Waals surface area (Å²) < 4.78 is 6.05. The third kappa shape index (κ3) is 2.04. The van der Waals surface area contributed by atoms with Gasteiger partial charge in [-0.1, -0.05) is 30.3 Å². The number of para-hydroxylation sites is 2. The number of phenols is 1. The van der Waals surface area contributed by atoms with Crippen LogP contribution in [0.15, 0.2) is 62.2 Å². The molecular formula is C15H9BrO3. The second-order valence-electron chi connectivity index (χ2n) is 4.12. The Balaban J connectivity index is 2.35. The molecular weight excluding hydrogens is 308 g/mol. The zero-order valence-electron chi connectivity index (χ0n) is 9.76. The molecule has 0 amide bonds. The summed E-state index contributed by atoms with van der Waals surface area (Å²) in [7, 11) is 0. The molecule has 2 aromatic carbocycles. The number of fused-ring (bicyclic) bond motifs is 1. The molecule has 4 heteroatoms. The van der Waals surface area contributed by atoms with Crippen molar-refractivity contribution in [3.05, 3.63) is 63.4 Å². The monoisotopic (exact) mass is 316 g/mol. The molecule has 0 bridgehead atoms. The molecule has 0 spiro atoms. The van der Waals surface area contributed by atoms with Crippen LogP contribution in [0.1, 0.15) is 0 Å².